The Bertz CT molecular complexity index is 861. The minimum atomic E-state index is -0.478. The first-order valence-electron chi connectivity index (χ1n) is 9.98. The van der Waals surface area contributed by atoms with Gasteiger partial charge in [0.1, 0.15) is 17.3 Å². The van der Waals surface area contributed by atoms with E-state index in [-0.39, 0.29) is 11.7 Å². The number of hydrogen-bond donors (Lipinski definition) is 2. The van der Waals surface area contributed by atoms with E-state index in [0.29, 0.717) is 45.0 Å². The predicted octanol–water partition coefficient (Wildman–Crippen LogP) is 2.09. The summed E-state index contributed by atoms with van der Waals surface area (Å²) in [5, 5.41) is 0. The van der Waals surface area contributed by atoms with Crippen LogP contribution in [0, 0.1) is 5.92 Å². The van der Waals surface area contributed by atoms with Crippen molar-refractivity contribution in [2.45, 2.75) is 33.2 Å². The molecule has 160 valence electrons. The van der Waals surface area contributed by atoms with Crippen LogP contribution < -0.4 is 26.6 Å². The smallest absolute Gasteiger partial charge is 0.330 e. The third-order valence-corrected chi connectivity index (χ3v) is 4.44. The molecule has 29 heavy (non-hydrogen) atoms. The maximum absolute atomic E-state index is 12.6. The van der Waals surface area contributed by atoms with Crippen LogP contribution in [-0.4, -0.2) is 43.0 Å². The minimum Gasteiger partial charge on any atom is -0.494 e. The van der Waals surface area contributed by atoms with Gasteiger partial charge in [-0.3, -0.25) is 14.3 Å². The van der Waals surface area contributed by atoms with Gasteiger partial charge in [-0.25, -0.2) is 4.79 Å². The molecule has 0 spiro atoms. The summed E-state index contributed by atoms with van der Waals surface area (Å²) < 4.78 is 12.3. The molecule has 2 aromatic rings. The van der Waals surface area contributed by atoms with E-state index in [0.717, 1.165) is 12.2 Å². The Hall–Kier alpha value is -2.74. The van der Waals surface area contributed by atoms with Crippen LogP contribution in [0.4, 0.5) is 11.5 Å². The third-order valence-electron chi connectivity index (χ3n) is 4.44. The molecule has 0 aliphatic rings. The standard InChI is InChI=1S/C21H32N4O4/c1-16(2)15-25-19(22)18(20(26)23-21(25)27)24(11-7-13-28-3)12-8-14-29-17-9-5-4-6-10-17/h4-6,9-10,16H,7-8,11-15,22H2,1-3H3,(H,23,26,27). The zero-order chi connectivity index (χ0) is 21.2. The highest BCUT2D eigenvalue weighted by atomic mass is 16.5. The van der Waals surface area contributed by atoms with Gasteiger partial charge in [0.25, 0.3) is 5.56 Å². The van der Waals surface area contributed by atoms with E-state index in [2.05, 4.69) is 4.98 Å². The number of nitrogen functional groups attached to an aromatic ring is 1. The number of rotatable bonds is 12. The fourth-order valence-electron chi connectivity index (χ4n) is 3.13. The lowest BCUT2D eigenvalue weighted by molar-refractivity contribution is 0.196. The molecule has 0 aliphatic heterocycles. The van der Waals surface area contributed by atoms with E-state index in [9.17, 15) is 9.59 Å². The average molecular weight is 405 g/mol. The Balaban J connectivity index is 2.17. The Morgan fingerprint density at radius 3 is 2.38 bits per heavy atom. The van der Waals surface area contributed by atoms with Gasteiger partial charge < -0.3 is 20.1 Å². The third kappa shape index (κ3) is 6.67. The second-order valence-corrected chi connectivity index (χ2v) is 7.35. The van der Waals surface area contributed by atoms with Gasteiger partial charge in [-0.1, -0.05) is 32.0 Å². The summed E-state index contributed by atoms with van der Waals surface area (Å²) in [5.74, 6) is 1.23. The lowest BCUT2D eigenvalue weighted by Gasteiger charge is -2.26. The molecule has 8 heteroatoms. The molecular weight excluding hydrogens is 372 g/mol. The predicted molar refractivity (Wildman–Crippen MR) is 116 cm³/mol. The van der Waals surface area contributed by atoms with Crippen LogP contribution in [-0.2, 0) is 11.3 Å². The Kier molecular flexibility index (Phi) is 8.79. The lowest BCUT2D eigenvalue weighted by Crippen LogP contribution is -2.40. The maximum atomic E-state index is 12.6. The highest BCUT2D eigenvalue weighted by Crippen LogP contribution is 2.18. The summed E-state index contributed by atoms with van der Waals surface area (Å²) in [5.41, 5.74) is 5.67. The quantitative estimate of drug-likeness (QED) is 0.525. The van der Waals surface area contributed by atoms with Gasteiger partial charge in [-0.2, -0.15) is 0 Å². The Labute approximate surface area is 171 Å². The monoisotopic (exact) mass is 404 g/mol. The van der Waals surface area contributed by atoms with Gasteiger partial charge in [0.05, 0.1) is 6.61 Å². The highest BCUT2D eigenvalue weighted by molar-refractivity contribution is 5.62. The number of nitrogens with two attached hydrogens (primary N) is 1. The van der Waals surface area contributed by atoms with E-state index in [1.165, 1.54) is 4.57 Å². The fourth-order valence-corrected chi connectivity index (χ4v) is 3.13. The highest BCUT2D eigenvalue weighted by Gasteiger charge is 2.19. The van der Waals surface area contributed by atoms with Crippen LogP contribution in [0.25, 0.3) is 0 Å². The second-order valence-electron chi connectivity index (χ2n) is 7.35. The molecule has 0 saturated carbocycles. The Morgan fingerprint density at radius 2 is 1.76 bits per heavy atom. The van der Waals surface area contributed by atoms with Crippen LogP contribution in [0.2, 0.25) is 0 Å². The molecule has 1 heterocycles. The van der Waals surface area contributed by atoms with Crippen molar-refractivity contribution in [3.8, 4) is 5.75 Å². The molecule has 0 bridgehead atoms. The summed E-state index contributed by atoms with van der Waals surface area (Å²) in [6.45, 7) is 6.67. The first kappa shape index (κ1) is 22.5. The fraction of sp³-hybridized carbons (Fsp3) is 0.524. The van der Waals surface area contributed by atoms with Crippen LogP contribution in [0.1, 0.15) is 26.7 Å². The van der Waals surface area contributed by atoms with E-state index in [4.69, 9.17) is 15.2 Å². The van der Waals surface area contributed by atoms with Crippen LogP contribution in [0.15, 0.2) is 39.9 Å². The summed E-state index contributed by atoms with van der Waals surface area (Å²) in [6, 6.07) is 9.59. The van der Waals surface area contributed by atoms with Crippen molar-refractivity contribution in [1.82, 2.24) is 9.55 Å². The number of para-hydroxylation sites is 1. The normalized spacial score (nSPS) is 11.0. The van der Waals surface area contributed by atoms with Crippen LogP contribution >= 0.6 is 0 Å². The number of nitrogens with zero attached hydrogens (tertiary/aromatic N) is 2. The molecule has 3 N–H and O–H groups in total. The molecule has 0 fully saturated rings. The van der Waals surface area contributed by atoms with E-state index in [1.54, 1.807) is 7.11 Å². The summed E-state index contributed by atoms with van der Waals surface area (Å²) in [7, 11) is 1.64. The number of benzene rings is 1. The van der Waals surface area contributed by atoms with Crippen LogP contribution in [0.5, 0.6) is 5.75 Å². The van der Waals surface area contributed by atoms with Crippen LogP contribution in [0.3, 0.4) is 0 Å². The molecule has 0 radical (unpaired) electrons. The van der Waals surface area contributed by atoms with Crippen molar-refractivity contribution in [1.29, 1.82) is 0 Å². The topological polar surface area (TPSA) is 103 Å². The number of methoxy groups -OCH3 is 1. The number of ether oxygens (including phenoxy) is 2. The maximum Gasteiger partial charge on any atom is 0.330 e. The number of anilines is 2. The van der Waals surface area contributed by atoms with E-state index in [1.807, 2.05) is 49.1 Å². The van der Waals surface area contributed by atoms with Crippen molar-refractivity contribution < 1.29 is 9.47 Å². The number of aromatic nitrogens is 2. The molecule has 0 unspecified atom stereocenters. The summed E-state index contributed by atoms with van der Waals surface area (Å²) >= 11 is 0. The molecule has 8 nitrogen and oxygen atoms in total. The number of H-pyrrole nitrogens is 1. The van der Waals surface area contributed by atoms with E-state index < -0.39 is 11.2 Å². The average Bonchev–Trinajstić information content (AvgIpc) is 2.68. The molecule has 0 amide bonds. The molecule has 1 aromatic carbocycles. The first-order valence-corrected chi connectivity index (χ1v) is 9.98. The molecule has 0 atom stereocenters. The summed E-state index contributed by atoms with van der Waals surface area (Å²) in [6.07, 6.45) is 1.43. The van der Waals surface area contributed by atoms with Crippen molar-refractivity contribution >= 4 is 11.5 Å². The second kappa shape index (κ2) is 11.3. The zero-order valence-electron chi connectivity index (χ0n) is 17.5. The zero-order valence-corrected chi connectivity index (χ0v) is 17.5. The summed E-state index contributed by atoms with van der Waals surface area (Å²) in [4.78, 5) is 29.1. The van der Waals surface area contributed by atoms with Gasteiger partial charge in [0.15, 0.2) is 0 Å². The van der Waals surface area contributed by atoms with Gasteiger partial charge in [-0.15, -0.1) is 0 Å². The van der Waals surface area contributed by atoms with Crippen molar-refractivity contribution in [2.75, 3.05) is 44.0 Å². The van der Waals surface area contributed by atoms with E-state index >= 15 is 0 Å². The molecule has 0 aliphatic carbocycles. The number of hydrogen-bond acceptors (Lipinski definition) is 6. The van der Waals surface area contributed by atoms with Gasteiger partial charge >= 0.3 is 5.69 Å². The van der Waals surface area contributed by atoms with Crippen molar-refractivity contribution in [2.24, 2.45) is 5.92 Å². The van der Waals surface area contributed by atoms with Gasteiger partial charge in [-0.05, 0) is 30.9 Å². The van der Waals surface area contributed by atoms with Crippen molar-refractivity contribution in [3.05, 3.63) is 51.2 Å². The van der Waals surface area contributed by atoms with Gasteiger partial charge in [0, 0.05) is 33.4 Å². The minimum absolute atomic E-state index is 0.203. The number of aromatic amines is 1. The largest absolute Gasteiger partial charge is 0.494 e. The number of nitrogens with one attached hydrogen (secondary N) is 1. The van der Waals surface area contributed by atoms with Gasteiger partial charge in [0.2, 0.25) is 0 Å². The molecule has 1 aromatic heterocycles. The first-order chi connectivity index (χ1) is 13.9. The molecule has 0 saturated heterocycles. The van der Waals surface area contributed by atoms with Crippen molar-refractivity contribution in [3.63, 3.8) is 0 Å². The SMILES string of the molecule is COCCCN(CCCOc1ccccc1)c1c(N)n(CC(C)C)c(=O)[nH]c1=O. The lowest BCUT2D eigenvalue weighted by atomic mass is 10.2. The molecule has 2 rings (SSSR count). The Morgan fingerprint density at radius 1 is 1.10 bits per heavy atom. The molecular formula is C21H32N4O4.